The molecule has 154 valence electrons. The third-order valence-corrected chi connectivity index (χ3v) is 4.89. The third-order valence-electron chi connectivity index (χ3n) is 4.89. The highest BCUT2D eigenvalue weighted by molar-refractivity contribution is 5.92. The molecular formula is C23H26F2N2O2. The molecule has 1 N–H and O–H groups in total. The summed E-state index contributed by atoms with van der Waals surface area (Å²) in [5.74, 6) is -1.70. The van der Waals surface area contributed by atoms with Crippen molar-refractivity contribution < 1.29 is 18.3 Å². The van der Waals surface area contributed by atoms with Crippen LogP contribution in [0.4, 0.5) is 14.5 Å². The highest BCUT2D eigenvalue weighted by Gasteiger charge is 2.22. The Hall–Kier alpha value is -2.73. The van der Waals surface area contributed by atoms with Crippen molar-refractivity contribution in [2.75, 3.05) is 18.0 Å². The van der Waals surface area contributed by atoms with E-state index in [-0.39, 0.29) is 29.7 Å². The molecule has 4 nitrogen and oxygen atoms in total. The quantitative estimate of drug-likeness (QED) is 0.753. The Morgan fingerprint density at radius 1 is 1.17 bits per heavy atom. The van der Waals surface area contributed by atoms with E-state index in [9.17, 15) is 13.6 Å². The van der Waals surface area contributed by atoms with Crippen LogP contribution in [0.3, 0.4) is 0 Å². The molecule has 0 bridgehead atoms. The van der Waals surface area contributed by atoms with Gasteiger partial charge < -0.3 is 15.0 Å². The molecule has 6 heteroatoms. The van der Waals surface area contributed by atoms with Crippen molar-refractivity contribution in [3.63, 3.8) is 0 Å². The first kappa shape index (κ1) is 21.0. The summed E-state index contributed by atoms with van der Waals surface area (Å²) in [6.07, 6.45) is 2.92. The smallest absolute Gasteiger partial charge is 0.244 e. The summed E-state index contributed by atoms with van der Waals surface area (Å²) in [5.41, 5.74) is 2.23. The zero-order valence-corrected chi connectivity index (χ0v) is 16.9. The molecule has 3 rings (SSSR count). The predicted octanol–water partition coefficient (Wildman–Crippen LogP) is 4.47. The molecule has 29 heavy (non-hydrogen) atoms. The van der Waals surface area contributed by atoms with Crippen molar-refractivity contribution in [2.45, 2.75) is 39.0 Å². The van der Waals surface area contributed by atoms with Crippen LogP contribution in [0.25, 0.3) is 6.08 Å². The molecule has 1 amide bonds. The number of ether oxygens (including phenoxy) is 1. The Labute approximate surface area is 170 Å². The Kier molecular flexibility index (Phi) is 6.64. The van der Waals surface area contributed by atoms with E-state index in [0.717, 1.165) is 36.5 Å². The zero-order chi connectivity index (χ0) is 21.0. The van der Waals surface area contributed by atoms with Gasteiger partial charge in [-0.05, 0) is 56.7 Å². The summed E-state index contributed by atoms with van der Waals surface area (Å²) in [7, 11) is 0. The van der Waals surface area contributed by atoms with Crippen LogP contribution in [0.15, 0.2) is 48.5 Å². The minimum absolute atomic E-state index is 0.159. The number of benzene rings is 2. The van der Waals surface area contributed by atoms with Crippen molar-refractivity contribution in [2.24, 2.45) is 0 Å². The second kappa shape index (κ2) is 9.18. The molecule has 1 heterocycles. The van der Waals surface area contributed by atoms with Crippen LogP contribution in [0.1, 0.15) is 37.9 Å². The Morgan fingerprint density at radius 2 is 1.90 bits per heavy atom. The summed E-state index contributed by atoms with van der Waals surface area (Å²) >= 11 is 0. The first-order valence-electron chi connectivity index (χ1n) is 9.76. The maximum absolute atomic E-state index is 13.7. The molecule has 0 spiro atoms. The summed E-state index contributed by atoms with van der Waals surface area (Å²) in [6, 6.07) is 11.1. The van der Waals surface area contributed by atoms with Gasteiger partial charge in [-0.1, -0.05) is 12.1 Å². The minimum Gasteiger partial charge on any atom is -0.372 e. The average molecular weight is 400 g/mol. The van der Waals surface area contributed by atoms with Crippen molar-refractivity contribution >= 4 is 17.7 Å². The lowest BCUT2D eigenvalue weighted by molar-refractivity contribution is -0.117. The fourth-order valence-electron chi connectivity index (χ4n) is 3.53. The van der Waals surface area contributed by atoms with Crippen molar-refractivity contribution in [1.29, 1.82) is 0 Å². The minimum atomic E-state index is -0.705. The molecule has 3 atom stereocenters. The van der Waals surface area contributed by atoms with Crippen molar-refractivity contribution in [3.05, 3.63) is 71.3 Å². The fourth-order valence-corrected chi connectivity index (χ4v) is 3.53. The monoisotopic (exact) mass is 400 g/mol. The highest BCUT2D eigenvalue weighted by atomic mass is 19.1. The van der Waals surface area contributed by atoms with E-state index >= 15 is 0 Å². The van der Waals surface area contributed by atoms with Gasteiger partial charge in [-0.15, -0.1) is 0 Å². The van der Waals surface area contributed by atoms with Gasteiger partial charge >= 0.3 is 0 Å². The van der Waals surface area contributed by atoms with Gasteiger partial charge in [-0.2, -0.15) is 0 Å². The molecule has 2 aromatic rings. The molecule has 1 unspecified atom stereocenters. The van der Waals surface area contributed by atoms with Crippen LogP contribution in [-0.4, -0.2) is 31.2 Å². The number of rotatable bonds is 5. The number of hydrogen-bond donors (Lipinski definition) is 1. The molecule has 2 aromatic carbocycles. The van der Waals surface area contributed by atoms with E-state index in [1.54, 1.807) is 0 Å². The van der Waals surface area contributed by atoms with Gasteiger partial charge in [0.2, 0.25) is 5.91 Å². The van der Waals surface area contributed by atoms with Crippen LogP contribution >= 0.6 is 0 Å². The van der Waals surface area contributed by atoms with E-state index in [1.165, 1.54) is 18.2 Å². The molecule has 0 saturated carbocycles. The van der Waals surface area contributed by atoms with Gasteiger partial charge in [0.25, 0.3) is 0 Å². The second-order valence-corrected chi connectivity index (χ2v) is 7.49. The SMILES string of the molecule is CC(NC(=O)C=Cc1ccc(F)cc1F)c1cccc(N2C[C@@H](C)O[C@@H](C)C2)c1. The topological polar surface area (TPSA) is 41.6 Å². The molecule has 0 aliphatic carbocycles. The highest BCUT2D eigenvalue weighted by Crippen LogP contribution is 2.24. The lowest BCUT2D eigenvalue weighted by atomic mass is 10.1. The van der Waals surface area contributed by atoms with Crippen LogP contribution in [0, 0.1) is 11.6 Å². The average Bonchev–Trinajstić information content (AvgIpc) is 2.66. The summed E-state index contributed by atoms with van der Waals surface area (Å²) in [6.45, 7) is 7.66. The number of anilines is 1. The Morgan fingerprint density at radius 3 is 2.59 bits per heavy atom. The van der Waals surface area contributed by atoms with E-state index < -0.39 is 11.6 Å². The lowest BCUT2D eigenvalue weighted by Crippen LogP contribution is -2.45. The van der Waals surface area contributed by atoms with Gasteiger partial charge in [-0.25, -0.2) is 8.78 Å². The second-order valence-electron chi connectivity index (χ2n) is 7.49. The van der Waals surface area contributed by atoms with Gasteiger partial charge in [0, 0.05) is 36.5 Å². The molecule has 0 aromatic heterocycles. The number of nitrogens with one attached hydrogen (secondary N) is 1. The van der Waals surface area contributed by atoms with Gasteiger partial charge in [0.05, 0.1) is 18.2 Å². The van der Waals surface area contributed by atoms with Gasteiger partial charge in [-0.3, -0.25) is 4.79 Å². The van der Waals surface area contributed by atoms with Gasteiger partial charge in [0.15, 0.2) is 0 Å². The van der Waals surface area contributed by atoms with E-state index in [0.29, 0.717) is 0 Å². The van der Waals surface area contributed by atoms with Gasteiger partial charge in [0.1, 0.15) is 11.6 Å². The number of halogens is 2. The number of amides is 1. The lowest BCUT2D eigenvalue weighted by Gasteiger charge is -2.37. The summed E-state index contributed by atoms with van der Waals surface area (Å²) < 4.78 is 32.4. The van der Waals surface area contributed by atoms with E-state index in [1.807, 2.05) is 19.1 Å². The van der Waals surface area contributed by atoms with Crippen LogP contribution in [0.5, 0.6) is 0 Å². The van der Waals surface area contributed by atoms with E-state index in [2.05, 4.69) is 36.2 Å². The first-order valence-corrected chi connectivity index (χ1v) is 9.76. The molecule has 1 saturated heterocycles. The number of morpholine rings is 1. The maximum atomic E-state index is 13.7. The van der Waals surface area contributed by atoms with Crippen LogP contribution in [0.2, 0.25) is 0 Å². The summed E-state index contributed by atoms with van der Waals surface area (Å²) in [5, 5.41) is 2.88. The third kappa shape index (κ3) is 5.64. The van der Waals surface area contributed by atoms with E-state index in [4.69, 9.17) is 4.74 Å². The maximum Gasteiger partial charge on any atom is 0.244 e. The Bertz CT molecular complexity index is 890. The standard InChI is InChI=1S/C23H26F2N2O2/c1-15-13-27(14-16(2)29-15)21-6-4-5-19(11-21)17(3)26-23(28)10-8-18-7-9-20(24)12-22(18)25/h4-12,15-17H,13-14H2,1-3H3,(H,26,28)/t15-,16+,17?. The number of carbonyl (C=O) groups is 1. The molecule has 0 radical (unpaired) electrons. The largest absolute Gasteiger partial charge is 0.372 e. The molecule has 1 aliphatic rings. The number of nitrogens with zero attached hydrogens (tertiary/aromatic N) is 1. The normalized spacial score (nSPS) is 20.7. The predicted molar refractivity (Wildman–Crippen MR) is 111 cm³/mol. The molecule has 1 fully saturated rings. The molecule has 1 aliphatic heterocycles. The zero-order valence-electron chi connectivity index (χ0n) is 16.9. The van der Waals surface area contributed by atoms with Crippen molar-refractivity contribution in [3.8, 4) is 0 Å². The molecular weight excluding hydrogens is 374 g/mol. The number of carbonyl (C=O) groups excluding carboxylic acids is 1. The van der Waals surface area contributed by atoms with Crippen LogP contribution < -0.4 is 10.2 Å². The van der Waals surface area contributed by atoms with Crippen LogP contribution in [-0.2, 0) is 9.53 Å². The fraction of sp³-hybridized carbons (Fsp3) is 0.348. The van der Waals surface area contributed by atoms with Crippen molar-refractivity contribution in [1.82, 2.24) is 5.32 Å². The Balaban J connectivity index is 1.65. The first-order chi connectivity index (χ1) is 13.8. The number of hydrogen-bond acceptors (Lipinski definition) is 3. The summed E-state index contributed by atoms with van der Waals surface area (Å²) in [4.78, 5) is 14.5.